The van der Waals surface area contributed by atoms with E-state index in [1.165, 1.54) is 11.3 Å². The van der Waals surface area contributed by atoms with Gasteiger partial charge in [-0.1, -0.05) is 0 Å². The van der Waals surface area contributed by atoms with Crippen LogP contribution >= 0.6 is 11.3 Å². The van der Waals surface area contributed by atoms with Crippen LogP contribution in [0.2, 0.25) is 0 Å². The number of hydrogen-bond acceptors (Lipinski definition) is 6. The van der Waals surface area contributed by atoms with Crippen LogP contribution in [0.1, 0.15) is 22.2 Å². The first-order chi connectivity index (χ1) is 8.10. The molecule has 2 rings (SSSR count). The van der Waals surface area contributed by atoms with E-state index in [0.29, 0.717) is 12.2 Å². The van der Waals surface area contributed by atoms with Crippen molar-refractivity contribution in [3.63, 3.8) is 0 Å². The van der Waals surface area contributed by atoms with E-state index in [4.69, 9.17) is 5.84 Å². The highest BCUT2D eigenvalue weighted by Gasteiger charge is 2.11. The lowest BCUT2D eigenvalue weighted by Crippen LogP contribution is -2.14. The van der Waals surface area contributed by atoms with E-state index >= 15 is 0 Å². The van der Waals surface area contributed by atoms with Crippen molar-refractivity contribution in [2.75, 3.05) is 5.43 Å². The Labute approximate surface area is 102 Å². The maximum Gasteiger partial charge on any atom is 0.187 e. The number of nitrogens with zero attached hydrogens (tertiary/aromatic N) is 3. The largest absolute Gasteiger partial charge is 0.306 e. The Kier molecular flexibility index (Phi) is 3.30. The topological polar surface area (TPSA) is 76.7 Å². The van der Waals surface area contributed by atoms with Crippen LogP contribution in [0.4, 0.5) is 10.2 Å². The molecule has 0 aliphatic heterocycles. The summed E-state index contributed by atoms with van der Waals surface area (Å²) in [5.41, 5.74) is 3.46. The van der Waals surface area contributed by atoms with Crippen molar-refractivity contribution in [3.05, 3.63) is 33.4 Å². The molecule has 0 aliphatic carbocycles. The van der Waals surface area contributed by atoms with E-state index in [1.54, 1.807) is 6.92 Å². The van der Waals surface area contributed by atoms with Gasteiger partial charge in [-0.2, -0.15) is 0 Å². The fraction of sp³-hybridized carbons (Fsp3) is 0.300. The summed E-state index contributed by atoms with van der Waals surface area (Å²) in [7, 11) is 0. The summed E-state index contributed by atoms with van der Waals surface area (Å²) in [6.07, 6.45) is 0.480. The maximum absolute atomic E-state index is 13.4. The number of rotatable bonds is 3. The molecule has 5 nitrogen and oxygen atoms in total. The average Bonchev–Trinajstić information content (AvgIpc) is 2.69. The van der Waals surface area contributed by atoms with Crippen molar-refractivity contribution in [2.45, 2.75) is 20.3 Å². The summed E-state index contributed by atoms with van der Waals surface area (Å²) in [6.45, 7) is 3.50. The SMILES string of the molecule is Cc1csc(Cc2nc(C)c(F)c(NN)n2)n1. The molecule has 0 atom stereocenters. The predicted molar refractivity (Wildman–Crippen MR) is 64.2 cm³/mol. The third-order valence-corrected chi connectivity index (χ3v) is 3.14. The molecule has 2 aromatic rings. The monoisotopic (exact) mass is 253 g/mol. The molecule has 0 aromatic carbocycles. The molecular formula is C10H12FN5S. The molecule has 0 saturated carbocycles. The predicted octanol–water partition coefficient (Wildman–Crippen LogP) is 1.57. The Balaban J connectivity index is 2.30. The minimum absolute atomic E-state index is 0.0146. The van der Waals surface area contributed by atoms with Gasteiger partial charge in [-0.25, -0.2) is 25.2 Å². The minimum atomic E-state index is -0.522. The Morgan fingerprint density at radius 2 is 2.12 bits per heavy atom. The van der Waals surface area contributed by atoms with Crippen LogP contribution in [0.25, 0.3) is 0 Å². The van der Waals surface area contributed by atoms with Crippen LogP contribution in [0.5, 0.6) is 0 Å². The number of nitrogens with two attached hydrogens (primary N) is 1. The number of anilines is 1. The molecule has 0 saturated heterocycles. The lowest BCUT2D eigenvalue weighted by molar-refractivity contribution is 0.601. The van der Waals surface area contributed by atoms with Crippen molar-refractivity contribution in [1.29, 1.82) is 0 Å². The molecule has 0 fully saturated rings. The number of halogens is 1. The van der Waals surface area contributed by atoms with Gasteiger partial charge in [-0.15, -0.1) is 11.3 Å². The second-order valence-corrected chi connectivity index (χ2v) is 4.53. The minimum Gasteiger partial charge on any atom is -0.306 e. The number of hydrogen-bond donors (Lipinski definition) is 2. The third-order valence-electron chi connectivity index (χ3n) is 2.18. The van der Waals surface area contributed by atoms with Crippen LogP contribution in [0, 0.1) is 19.7 Å². The van der Waals surface area contributed by atoms with Crippen molar-refractivity contribution in [2.24, 2.45) is 5.84 Å². The molecule has 0 aliphatic rings. The maximum atomic E-state index is 13.4. The first-order valence-electron chi connectivity index (χ1n) is 5.00. The number of thiazole rings is 1. The molecule has 0 amide bonds. The Morgan fingerprint density at radius 1 is 1.35 bits per heavy atom. The average molecular weight is 253 g/mol. The highest BCUT2D eigenvalue weighted by atomic mass is 32.1. The number of nitrogen functional groups attached to an aromatic ring is 1. The molecule has 2 aromatic heterocycles. The van der Waals surface area contributed by atoms with Crippen LogP contribution < -0.4 is 11.3 Å². The summed E-state index contributed by atoms with van der Waals surface area (Å²) < 4.78 is 13.4. The third kappa shape index (κ3) is 2.56. The zero-order valence-corrected chi connectivity index (χ0v) is 10.3. The molecule has 0 radical (unpaired) electrons. The Bertz CT molecular complexity index is 539. The molecule has 0 spiro atoms. The van der Waals surface area contributed by atoms with Gasteiger partial charge in [0, 0.05) is 11.1 Å². The second kappa shape index (κ2) is 4.72. The van der Waals surface area contributed by atoms with E-state index in [9.17, 15) is 4.39 Å². The van der Waals surface area contributed by atoms with Gasteiger partial charge in [0.25, 0.3) is 0 Å². The smallest absolute Gasteiger partial charge is 0.187 e. The van der Waals surface area contributed by atoms with Crippen LogP contribution in [-0.4, -0.2) is 15.0 Å². The van der Waals surface area contributed by atoms with Gasteiger partial charge in [-0.3, -0.25) is 0 Å². The molecule has 0 unspecified atom stereocenters. The summed E-state index contributed by atoms with van der Waals surface area (Å²) in [6, 6.07) is 0. The van der Waals surface area contributed by atoms with Gasteiger partial charge in [0.2, 0.25) is 0 Å². The van der Waals surface area contributed by atoms with Crippen LogP contribution in [-0.2, 0) is 6.42 Å². The molecule has 3 N–H and O–H groups in total. The summed E-state index contributed by atoms with van der Waals surface area (Å²) >= 11 is 1.53. The van der Waals surface area contributed by atoms with Gasteiger partial charge in [-0.05, 0) is 13.8 Å². The van der Waals surface area contributed by atoms with Crippen molar-refractivity contribution < 1.29 is 4.39 Å². The Hall–Kier alpha value is -1.60. The molecular weight excluding hydrogens is 241 g/mol. The molecule has 17 heavy (non-hydrogen) atoms. The summed E-state index contributed by atoms with van der Waals surface area (Å²) in [4.78, 5) is 12.4. The first kappa shape index (κ1) is 11.9. The second-order valence-electron chi connectivity index (χ2n) is 3.59. The normalized spacial score (nSPS) is 10.6. The van der Waals surface area contributed by atoms with Crippen molar-refractivity contribution >= 4 is 17.2 Å². The van der Waals surface area contributed by atoms with E-state index in [0.717, 1.165) is 10.7 Å². The van der Waals surface area contributed by atoms with Gasteiger partial charge in [0.05, 0.1) is 12.1 Å². The fourth-order valence-corrected chi connectivity index (χ4v) is 2.18. The molecule has 0 bridgehead atoms. The number of hydrazine groups is 1. The standard InChI is InChI=1S/C10H12FN5S/c1-5-4-17-8(13-5)3-7-14-6(2)9(11)10(15-7)16-12/h4H,3,12H2,1-2H3,(H,14,15,16). The van der Waals surface area contributed by atoms with Gasteiger partial charge in [0.1, 0.15) is 10.8 Å². The van der Waals surface area contributed by atoms with Crippen molar-refractivity contribution in [1.82, 2.24) is 15.0 Å². The molecule has 7 heteroatoms. The lowest BCUT2D eigenvalue weighted by Gasteiger charge is -2.05. The number of aromatic nitrogens is 3. The summed E-state index contributed by atoms with van der Waals surface area (Å²) in [5.74, 6) is 5.19. The fourth-order valence-electron chi connectivity index (χ4n) is 1.41. The molecule has 90 valence electrons. The van der Waals surface area contributed by atoms with Crippen LogP contribution in [0.15, 0.2) is 5.38 Å². The van der Waals surface area contributed by atoms with Gasteiger partial charge < -0.3 is 5.43 Å². The zero-order valence-electron chi connectivity index (χ0n) is 9.49. The number of nitrogens with one attached hydrogen (secondary N) is 1. The highest BCUT2D eigenvalue weighted by molar-refractivity contribution is 7.09. The highest BCUT2D eigenvalue weighted by Crippen LogP contribution is 2.16. The Morgan fingerprint density at radius 3 is 2.71 bits per heavy atom. The summed E-state index contributed by atoms with van der Waals surface area (Å²) in [5, 5.41) is 2.85. The van der Waals surface area contributed by atoms with Gasteiger partial charge >= 0.3 is 0 Å². The first-order valence-corrected chi connectivity index (χ1v) is 5.88. The van der Waals surface area contributed by atoms with E-state index in [2.05, 4.69) is 20.4 Å². The van der Waals surface area contributed by atoms with Crippen LogP contribution in [0.3, 0.4) is 0 Å². The quantitative estimate of drug-likeness (QED) is 0.641. The van der Waals surface area contributed by atoms with E-state index in [-0.39, 0.29) is 11.5 Å². The van der Waals surface area contributed by atoms with Crippen molar-refractivity contribution in [3.8, 4) is 0 Å². The number of aryl methyl sites for hydroxylation is 2. The zero-order chi connectivity index (χ0) is 12.4. The van der Waals surface area contributed by atoms with E-state index in [1.807, 2.05) is 12.3 Å². The molecule has 2 heterocycles. The lowest BCUT2D eigenvalue weighted by atomic mass is 10.3. The van der Waals surface area contributed by atoms with E-state index < -0.39 is 5.82 Å². The van der Waals surface area contributed by atoms with Gasteiger partial charge in [0.15, 0.2) is 11.6 Å².